The van der Waals surface area contributed by atoms with Crippen molar-refractivity contribution in [1.29, 1.82) is 0 Å². The van der Waals surface area contributed by atoms with Gasteiger partial charge in [-0.2, -0.15) is 0 Å². The van der Waals surface area contributed by atoms with Crippen LogP contribution in [0.15, 0.2) is 54.6 Å². The molecule has 0 saturated carbocycles. The fourth-order valence-electron chi connectivity index (χ4n) is 3.76. The van der Waals surface area contributed by atoms with Crippen molar-refractivity contribution < 1.29 is 14.7 Å². The van der Waals surface area contributed by atoms with Crippen molar-refractivity contribution in [3.63, 3.8) is 0 Å². The molecule has 0 aliphatic carbocycles. The number of fused-ring (bicyclic) bond motifs is 1. The summed E-state index contributed by atoms with van der Waals surface area (Å²) in [6, 6.07) is 17.4. The van der Waals surface area contributed by atoms with Crippen LogP contribution in [-0.4, -0.2) is 39.5 Å². The van der Waals surface area contributed by atoms with Gasteiger partial charge in [0.15, 0.2) is 0 Å². The summed E-state index contributed by atoms with van der Waals surface area (Å²) in [5.74, 6) is -1.43. The highest BCUT2D eigenvalue weighted by molar-refractivity contribution is 5.99. The largest absolute Gasteiger partial charge is 0.481 e. The van der Waals surface area contributed by atoms with Crippen molar-refractivity contribution in [3.8, 4) is 11.3 Å². The number of aliphatic carboxylic acids is 1. The minimum absolute atomic E-state index is 0.112. The summed E-state index contributed by atoms with van der Waals surface area (Å²) in [6.07, 6.45) is 0.505. The molecule has 2 unspecified atom stereocenters. The van der Waals surface area contributed by atoms with Crippen molar-refractivity contribution in [3.05, 3.63) is 60.2 Å². The number of hydrogen-bond acceptors (Lipinski definition) is 2. The van der Waals surface area contributed by atoms with Gasteiger partial charge in [0.1, 0.15) is 0 Å². The first-order chi connectivity index (χ1) is 12.5. The van der Waals surface area contributed by atoms with Gasteiger partial charge in [0.05, 0.1) is 5.92 Å². The third-order valence-electron chi connectivity index (χ3n) is 5.29. The zero-order valence-electron chi connectivity index (χ0n) is 14.5. The molecule has 1 saturated heterocycles. The van der Waals surface area contributed by atoms with Gasteiger partial charge in [0.2, 0.25) is 0 Å². The molecule has 2 N–H and O–H groups in total. The second kappa shape index (κ2) is 6.33. The quantitative estimate of drug-likeness (QED) is 0.757. The van der Waals surface area contributed by atoms with Crippen molar-refractivity contribution in [2.45, 2.75) is 19.4 Å². The third kappa shape index (κ3) is 2.75. The molecule has 3 aromatic rings. The lowest BCUT2D eigenvalue weighted by molar-refractivity contribution is -0.142. The lowest BCUT2D eigenvalue weighted by Crippen LogP contribution is -2.37. The van der Waals surface area contributed by atoms with E-state index in [2.05, 4.69) is 11.1 Å². The Hall–Kier alpha value is -3.08. The molecule has 4 rings (SSSR count). The predicted octanol–water partition coefficient (Wildman–Crippen LogP) is 3.77. The monoisotopic (exact) mass is 348 g/mol. The van der Waals surface area contributed by atoms with Gasteiger partial charge in [0, 0.05) is 34.7 Å². The molecule has 132 valence electrons. The number of benzene rings is 2. The molecule has 2 atom stereocenters. The minimum Gasteiger partial charge on any atom is -0.481 e. The third-order valence-corrected chi connectivity index (χ3v) is 5.29. The first kappa shape index (κ1) is 16.4. The summed E-state index contributed by atoms with van der Waals surface area (Å²) < 4.78 is 0. The zero-order valence-corrected chi connectivity index (χ0v) is 14.5. The summed E-state index contributed by atoms with van der Waals surface area (Å²) in [5, 5.41) is 10.3. The molecular formula is C21H20N2O3. The number of carbonyl (C=O) groups excluding carboxylic acids is 1. The Morgan fingerprint density at radius 2 is 1.88 bits per heavy atom. The maximum absolute atomic E-state index is 12.9. The van der Waals surface area contributed by atoms with E-state index in [0.717, 1.165) is 22.2 Å². The second-order valence-electron chi connectivity index (χ2n) is 6.82. The van der Waals surface area contributed by atoms with Gasteiger partial charge in [-0.15, -0.1) is 0 Å². The van der Waals surface area contributed by atoms with Crippen LogP contribution in [0.1, 0.15) is 23.7 Å². The van der Waals surface area contributed by atoms with Crippen LogP contribution in [0.4, 0.5) is 0 Å². The van der Waals surface area contributed by atoms with E-state index in [1.165, 1.54) is 0 Å². The molecule has 1 aliphatic rings. The van der Waals surface area contributed by atoms with E-state index in [1.54, 1.807) is 4.90 Å². The molecule has 5 nitrogen and oxygen atoms in total. The molecule has 0 radical (unpaired) electrons. The normalized spacial score (nSPS) is 19.8. The Kier molecular flexibility index (Phi) is 3.99. The smallest absolute Gasteiger partial charge is 0.308 e. The van der Waals surface area contributed by atoms with Crippen LogP contribution in [-0.2, 0) is 4.79 Å². The van der Waals surface area contributed by atoms with E-state index >= 15 is 0 Å². The molecular weight excluding hydrogens is 328 g/mol. The van der Waals surface area contributed by atoms with E-state index < -0.39 is 11.9 Å². The lowest BCUT2D eigenvalue weighted by atomic mass is 10.0. The molecule has 5 heteroatoms. The maximum atomic E-state index is 12.9. The standard InChI is InChI=1S/C21H20N2O3/c1-13-17(21(25)26)9-10-23(13)20(24)16-8-7-15-11-18(22-19(15)12-16)14-5-3-2-4-6-14/h2-8,11-13,17,22H,9-10H2,1H3,(H,25,26). The Bertz CT molecular complexity index is 977. The number of nitrogens with one attached hydrogen (secondary N) is 1. The first-order valence-electron chi connectivity index (χ1n) is 8.76. The topological polar surface area (TPSA) is 73.4 Å². The van der Waals surface area contributed by atoms with Crippen molar-refractivity contribution in [2.75, 3.05) is 6.54 Å². The fraction of sp³-hybridized carbons (Fsp3) is 0.238. The zero-order chi connectivity index (χ0) is 18.3. The number of carboxylic acid groups (broad SMARTS) is 1. The van der Waals surface area contributed by atoms with Gasteiger partial charge in [-0.05, 0) is 37.1 Å². The van der Waals surface area contributed by atoms with E-state index in [0.29, 0.717) is 18.5 Å². The summed E-state index contributed by atoms with van der Waals surface area (Å²) in [5.41, 5.74) is 3.58. The van der Waals surface area contributed by atoms with E-state index in [1.807, 2.05) is 55.5 Å². The molecule has 1 fully saturated rings. The van der Waals surface area contributed by atoms with Crippen LogP contribution in [0.5, 0.6) is 0 Å². The van der Waals surface area contributed by atoms with Crippen molar-refractivity contribution in [1.82, 2.24) is 9.88 Å². The Labute approximate surface area is 151 Å². The number of rotatable bonds is 3. The lowest BCUT2D eigenvalue weighted by Gasteiger charge is -2.23. The van der Waals surface area contributed by atoms with Crippen molar-refractivity contribution >= 4 is 22.8 Å². The molecule has 1 aromatic heterocycles. The van der Waals surface area contributed by atoms with Crippen LogP contribution in [0, 0.1) is 5.92 Å². The van der Waals surface area contributed by atoms with Gasteiger partial charge >= 0.3 is 5.97 Å². The molecule has 1 amide bonds. The molecule has 0 bridgehead atoms. The number of aromatic nitrogens is 1. The SMILES string of the molecule is CC1C(C(=O)O)CCN1C(=O)c1ccc2cc(-c3ccccc3)[nH]c2c1. The predicted molar refractivity (Wildman–Crippen MR) is 100.0 cm³/mol. The molecule has 2 aromatic carbocycles. The highest BCUT2D eigenvalue weighted by Gasteiger charge is 2.38. The minimum atomic E-state index is -0.833. The Morgan fingerprint density at radius 1 is 1.12 bits per heavy atom. The summed E-state index contributed by atoms with van der Waals surface area (Å²) in [7, 11) is 0. The average molecular weight is 348 g/mol. The number of nitrogens with zero attached hydrogens (tertiary/aromatic N) is 1. The van der Waals surface area contributed by atoms with E-state index in [9.17, 15) is 14.7 Å². The number of amides is 1. The summed E-state index contributed by atoms with van der Waals surface area (Å²) in [4.78, 5) is 29.2. The summed E-state index contributed by atoms with van der Waals surface area (Å²) in [6.45, 7) is 2.29. The van der Waals surface area contributed by atoms with E-state index in [-0.39, 0.29) is 11.9 Å². The van der Waals surface area contributed by atoms with E-state index in [4.69, 9.17) is 0 Å². The second-order valence-corrected chi connectivity index (χ2v) is 6.82. The van der Waals surface area contributed by atoms with Gasteiger partial charge in [-0.1, -0.05) is 36.4 Å². The fourth-order valence-corrected chi connectivity index (χ4v) is 3.76. The number of aromatic amines is 1. The van der Waals surface area contributed by atoms with Crippen LogP contribution < -0.4 is 0 Å². The highest BCUT2D eigenvalue weighted by atomic mass is 16.4. The number of likely N-dealkylation sites (tertiary alicyclic amines) is 1. The Balaban J connectivity index is 1.63. The van der Waals surface area contributed by atoms with Gasteiger partial charge in [0.25, 0.3) is 5.91 Å². The van der Waals surface area contributed by atoms with Crippen LogP contribution >= 0.6 is 0 Å². The van der Waals surface area contributed by atoms with Gasteiger partial charge < -0.3 is 15.0 Å². The molecule has 1 aliphatic heterocycles. The molecule has 2 heterocycles. The van der Waals surface area contributed by atoms with Gasteiger partial charge in [-0.3, -0.25) is 9.59 Å². The first-order valence-corrected chi connectivity index (χ1v) is 8.76. The molecule has 0 spiro atoms. The van der Waals surface area contributed by atoms with Crippen LogP contribution in [0.3, 0.4) is 0 Å². The number of H-pyrrole nitrogens is 1. The molecule has 26 heavy (non-hydrogen) atoms. The number of hydrogen-bond donors (Lipinski definition) is 2. The maximum Gasteiger partial charge on any atom is 0.308 e. The van der Waals surface area contributed by atoms with Gasteiger partial charge in [-0.25, -0.2) is 0 Å². The Morgan fingerprint density at radius 3 is 2.58 bits per heavy atom. The van der Waals surface area contributed by atoms with Crippen molar-refractivity contribution in [2.24, 2.45) is 5.92 Å². The van der Waals surface area contributed by atoms with Crippen LogP contribution in [0.2, 0.25) is 0 Å². The average Bonchev–Trinajstić information content (AvgIpc) is 3.24. The number of carboxylic acids is 1. The highest BCUT2D eigenvalue weighted by Crippen LogP contribution is 2.28. The summed E-state index contributed by atoms with van der Waals surface area (Å²) >= 11 is 0. The van der Waals surface area contributed by atoms with Crippen LogP contribution in [0.25, 0.3) is 22.2 Å². The number of carbonyl (C=O) groups is 2.